The number of ether oxygens (including phenoxy) is 1. The Morgan fingerprint density at radius 3 is 2.40 bits per heavy atom. The van der Waals surface area contributed by atoms with E-state index in [1.807, 2.05) is 20.8 Å². The maximum absolute atomic E-state index is 13.3. The van der Waals surface area contributed by atoms with Crippen LogP contribution in [0.5, 0.6) is 0 Å². The SMILES string of the molecule is CCC(C)(C)N(C(=O)c1ccco1)C1CC(=O)N(c2ccc(C(=O)OC)cc2)C1=O. The molecule has 1 saturated heterocycles. The van der Waals surface area contributed by atoms with Gasteiger partial charge in [0.1, 0.15) is 6.04 Å². The van der Waals surface area contributed by atoms with Gasteiger partial charge in [0.05, 0.1) is 31.0 Å². The number of anilines is 1. The monoisotopic (exact) mass is 412 g/mol. The zero-order valence-corrected chi connectivity index (χ0v) is 17.4. The fraction of sp³-hybridized carbons (Fsp3) is 0.364. The van der Waals surface area contributed by atoms with Crippen molar-refractivity contribution in [3.8, 4) is 0 Å². The maximum Gasteiger partial charge on any atom is 0.337 e. The molecule has 1 aliphatic rings. The number of imide groups is 1. The molecular formula is C22H24N2O6. The van der Waals surface area contributed by atoms with Crippen LogP contribution in [0.25, 0.3) is 0 Å². The van der Waals surface area contributed by atoms with E-state index in [0.717, 1.165) is 4.90 Å². The van der Waals surface area contributed by atoms with Gasteiger partial charge in [-0.05, 0) is 56.7 Å². The topological polar surface area (TPSA) is 97.1 Å². The number of benzene rings is 1. The van der Waals surface area contributed by atoms with E-state index in [1.54, 1.807) is 6.07 Å². The van der Waals surface area contributed by atoms with Crippen LogP contribution in [0.3, 0.4) is 0 Å². The average molecular weight is 412 g/mol. The molecule has 1 atom stereocenters. The van der Waals surface area contributed by atoms with Crippen molar-refractivity contribution in [1.29, 1.82) is 0 Å². The number of methoxy groups -OCH3 is 1. The number of hydrogen-bond acceptors (Lipinski definition) is 6. The predicted molar refractivity (Wildman–Crippen MR) is 108 cm³/mol. The third-order valence-corrected chi connectivity index (χ3v) is 5.45. The average Bonchev–Trinajstić information content (AvgIpc) is 3.36. The summed E-state index contributed by atoms with van der Waals surface area (Å²) in [5, 5.41) is 0. The molecule has 3 amide bonds. The van der Waals surface area contributed by atoms with Crippen molar-refractivity contribution in [2.24, 2.45) is 0 Å². The van der Waals surface area contributed by atoms with Gasteiger partial charge in [-0.15, -0.1) is 0 Å². The van der Waals surface area contributed by atoms with Crippen LogP contribution >= 0.6 is 0 Å². The number of carbonyl (C=O) groups excluding carboxylic acids is 4. The lowest BCUT2D eigenvalue weighted by Crippen LogP contribution is -2.55. The van der Waals surface area contributed by atoms with Crippen molar-refractivity contribution < 1.29 is 28.3 Å². The summed E-state index contributed by atoms with van der Waals surface area (Å²) in [5.41, 5.74) is -0.0478. The molecule has 1 aliphatic heterocycles. The van der Waals surface area contributed by atoms with E-state index in [9.17, 15) is 19.2 Å². The minimum absolute atomic E-state index is 0.109. The Morgan fingerprint density at radius 1 is 1.20 bits per heavy atom. The van der Waals surface area contributed by atoms with E-state index >= 15 is 0 Å². The van der Waals surface area contributed by atoms with Gasteiger partial charge in [0, 0.05) is 5.54 Å². The van der Waals surface area contributed by atoms with E-state index in [2.05, 4.69) is 4.74 Å². The van der Waals surface area contributed by atoms with E-state index in [4.69, 9.17) is 4.42 Å². The predicted octanol–water partition coefficient (Wildman–Crippen LogP) is 3.03. The molecule has 1 aromatic heterocycles. The van der Waals surface area contributed by atoms with Crippen LogP contribution in [0.15, 0.2) is 47.1 Å². The van der Waals surface area contributed by atoms with Gasteiger partial charge in [-0.25, -0.2) is 9.69 Å². The lowest BCUT2D eigenvalue weighted by Gasteiger charge is -2.40. The van der Waals surface area contributed by atoms with Gasteiger partial charge in [0.25, 0.3) is 11.8 Å². The Morgan fingerprint density at radius 2 is 1.87 bits per heavy atom. The summed E-state index contributed by atoms with van der Waals surface area (Å²) in [4.78, 5) is 53.3. The normalized spacial score (nSPS) is 16.7. The highest BCUT2D eigenvalue weighted by Gasteiger charge is 2.48. The number of furan rings is 1. The van der Waals surface area contributed by atoms with Gasteiger partial charge in [0.2, 0.25) is 5.91 Å². The van der Waals surface area contributed by atoms with Gasteiger partial charge in [-0.3, -0.25) is 14.4 Å². The lowest BCUT2D eigenvalue weighted by molar-refractivity contribution is -0.123. The summed E-state index contributed by atoms with van der Waals surface area (Å²) in [6.07, 6.45) is 1.83. The van der Waals surface area contributed by atoms with Crippen LogP contribution < -0.4 is 4.90 Å². The molecule has 1 aromatic carbocycles. The van der Waals surface area contributed by atoms with Gasteiger partial charge in [-0.2, -0.15) is 0 Å². The zero-order valence-electron chi connectivity index (χ0n) is 17.4. The number of amides is 3. The molecule has 0 N–H and O–H groups in total. The molecule has 1 unspecified atom stereocenters. The zero-order chi connectivity index (χ0) is 22.1. The van der Waals surface area contributed by atoms with Crippen LogP contribution in [0.2, 0.25) is 0 Å². The second-order valence-corrected chi connectivity index (χ2v) is 7.64. The molecule has 0 spiro atoms. The molecule has 0 aliphatic carbocycles. The number of esters is 1. The van der Waals surface area contributed by atoms with Gasteiger partial charge in [0.15, 0.2) is 5.76 Å². The molecule has 8 heteroatoms. The number of rotatable bonds is 6. The first kappa shape index (κ1) is 21.3. The first-order valence-corrected chi connectivity index (χ1v) is 9.63. The third kappa shape index (κ3) is 3.72. The van der Waals surface area contributed by atoms with Crippen molar-refractivity contribution in [2.75, 3.05) is 12.0 Å². The summed E-state index contributed by atoms with van der Waals surface area (Å²) in [6.45, 7) is 5.60. The van der Waals surface area contributed by atoms with E-state index in [0.29, 0.717) is 17.7 Å². The third-order valence-electron chi connectivity index (χ3n) is 5.45. The molecule has 2 aromatic rings. The Balaban J connectivity index is 1.94. The van der Waals surface area contributed by atoms with Crippen molar-refractivity contribution in [2.45, 2.75) is 45.2 Å². The summed E-state index contributed by atoms with van der Waals surface area (Å²) in [5.74, 6) is -1.76. The fourth-order valence-electron chi connectivity index (χ4n) is 3.48. The Bertz CT molecular complexity index is 962. The molecular weight excluding hydrogens is 388 g/mol. The van der Waals surface area contributed by atoms with Crippen molar-refractivity contribution in [3.63, 3.8) is 0 Å². The molecule has 2 heterocycles. The smallest absolute Gasteiger partial charge is 0.337 e. The fourth-order valence-corrected chi connectivity index (χ4v) is 3.48. The highest BCUT2D eigenvalue weighted by molar-refractivity contribution is 6.23. The van der Waals surface area contributed by atoms with Crippen LogP contribution in [0.1, 0.15) is 54.5 Å². The Hall–Kier alpha value is -3.42. The minimum atomic E-state index is -0.953. The first-order chi connectivity index (χ1) is 14.2. The summed E-state index contributed by atoms with van der Waals surface area (Å²) >= 11 is 0. The Labute approximate surface area is 174 Å². The van der Waals surface area contributed by atoms with Crippen molar-refractivity contribution in [1.82, 2.24) is 4.90 Å². The molecule has 30 heavy (non-hydrogen) atoms. The largest absolute Gasteiger partial charge is 0.465 e. The number of nitrogens with zero attached hydrogens (tertiary/aromatic N) is 2. The number of carbonyl (C=O) groups is 4. The molecule has 158 valence electrons. The molecule has 8 nitrogen and oxygen atoms in total. The maximum atomic E-state index is 13.3. The summed E-state index contributed by atoms with van der Waals surface area (Å²) < 4.78 is 9.91. The molecule has 0 radical (unpaired) electrons. The molecule has 0 bridgehead atoms. The van der Waals surface area contributed by atoms with Gasteiger partial charge >= 0.3 is 5.97 Å². The minimum Gasteiger partial charge on any atom is -0.465 e. The lowest BCUT2D eigenvalue weighted by atomic mass is 9.95. The van der Waals surface area contributed by atoms with E-state index in [1.165, 1.54) is 48.6 Å². The second kappa shape index (κ2) is 8.14. The molecule has 1 fully saturated rings. The molecule has 0 saturated carbocycles. The van der Waals surface area contributed by atoms with E-state index in [-0.39, 0.29) is 12.2 Å². The summed E-state index contributed by atoms with van der Waals surface area (Å²) in [6, 6.07) is 8.16. The van der Waals surface area contributed by atoms with Gasteiger partial charge < -0.3 is 14.1 Å². The van der Waals surface area contributed by atoms with Crippen LogP contribution in [-0.2, 0) is 14.3 Å². The highest BCUT2D eigenvalue weighted by atomic mass is 16.5. The second-order valence-electron chi connectivity index (χ2n) is 7.64. The standard InChI is InChI=1S/C22H24N2O6/c1-5-22(2,3)24(20(27)17-7-6-12-30-17)16-13-18(25)23(19(16)26)15-10-8-14(9-11-15)21(28)29-4/h6-12,16H,5,13H2,1-4H3. The van der Waals surface area contributed by atoms with Crippen molar-refractivity contribution >= 4 is 29.4 Å². The Kier molecular flexibility index (Phi) is 5.78. The van der Waals surface area contributed by atoms with Crippen LogP contribution in [0.4, 0.5) is 5.69 Å². The van der Waals surface area contributed by atoms with E-state index < -0.39 is 35.3 Å². The highest BCUT2D eigenvalue weighted by Crippen LogP contribution is 2.32. The molecule has 3 rings (SSSR count). The van der Waals surface area contributed by atoms with Crippen molar-refractivity contribution in [3.05, 3.63) is 54.0 Å². The van der Waals surface area contributed by atoms with Crippen LogP contribution in [-0.4, -0.2) is 47.3 Å². The number of hydrogen-bond donors (Lipinski definition) is 0. The first-order valence-electron chi connectivity index (χ1n) is 9.63. The van der Waals surface area contributed by atoms with Crippen LogP contribution in [0, 0.1) is 0 Å². The summed E-state index contributed by atoms with van der Waals surface area (Å²) in [7, 11) is 1.27. The van der Waals surface area contributed by atoms with Gasteiger partial charge in [-0.1, -0.05) is 6.92 Å². The quantitative estimate of drug-likeness (QED) is 0.534.